The van der Waals surface area contributed by atoms with E-state index in [1.807, 2.05) is 12.1 Å². The molecule has 1 aromatic carbocycles. The maximum atomic E-state index is 5.50. The molecule has 0 unspecified atom stereocenters. The second kappa shape index (κ2) is 5.06. The molecule has 1 atom stereocenters. The van der Waals surface area contributed by atoms with E-state index in [1.165, 1.54) is 18.4 Å². The summed E-state index contributed by atoms with van der Waals surface area (Å²) in [6.07, 6.45) is 4.59. The molecule has 0 N–H and O–H groups in total. The molecular formula is C16H19N3O2. The van der Waals surface area contributed by atoms with E-state index < -0.39 is 0 Å². The third-order valence-electron chi connectivity index (χ3n) is 4.37. The lowest BCUT2D eigenvalue weighted by Crippen LogP contribution is -2.23. The number of ether oxygens (including phenoxy) is 1. The van der Waals surface area contributed by atoms with Crippen molar-refractivity contribution in [3.63, 3.8) is 0 Å². The van der Waals surface area contributed by atoms with Gasteiger partial charge in [0.15, 0.2) is 5.82 Å². The Balaban J connectivity index is 1.64. The van der Waals surface area contributed by atoms with Crippen LogP contribution in [0.25, 0.3) is 0 Å². The summed E-state index contributed by atoms with van der Waals surface area (Å²) in [6, 6.07) is 9.10. The summed E-state index contributed by atoms with van der Waals surface area (Å²) in [6.45, 7) is 0.953. The van der Waals surface area contributed by atoms with Crippen molar-refractivity contribution in [2.24, 2.45) is 0 Å². The highest BCUT2D eigenvalue weighted by Crippen LogP contribution is 2.42. The van der Waals surface area contributed by atoms with Crippen molar-refractivity contribution in [3.8, 4) is 5.75 Å². The summed E-state index contributed by atoms with van der Waals surface area (Å²) in [5.74, 6) is 2.32. The molecule has 0 bridgehead atoms. The van der Waals surface area contributed by atoms with Crippen LogP contribution >= 0.6 is 0 Å². The number of anilines is 1. The largest absolute Gasteiger partial charge is 0.496 e. The molecule has 0 spiro atoms. The van der Waals surface area contributed by atoms with Gasteiger partial charge in [-0.2, -0.15) is 4.98 Å². The van der Waals surface area contributed by atoms with E-state index in [-0.39, 0.29) is 6.04 Å². The first-order valence-electron chi connectivity index (χ1n) is 7.60. The van der Waals surface area contributed by atoms with Gasteiger partial charge in [0, 0.05) is 18.0 Å². The molecule has 110 valence electrons. The molecule has 5 heteroatoms. The Morgan fingerprint density at radius 3 is 2.90 bits per heavy atom. The fourth-order valence-corrected chi connectivity index (χ4v) is 3.11. The zero-order valence-electron chi connectivity index (χ0n) is 12.2. The number of nitrogens with zero attached hydrogens (tertiary/aromatic N) is 3. The van der Waals surface area contributed by atoms with E-state index in [4.69, 9.17) is 9.26 Å². The van der Waals surface area contributed by atoms with E-state index in [1.54, 1.807) is 7.11 Å². The first-order chi connectivity index (χ1) is 10.4. The third kappa shape index (κ3) is 2.26. The van der Waals surface area contributed by atoms with Gasteiger partial charge >= 0.3 is 6.01 Å². The zero-order valence-corrected chi connectivity index (χ0v) is 12.2. The standard InChI is InChI=1S/C16H19N3O2/c1-20-14-7-3-2-5-12(14)13-6-4-10-19(13)16-17-15(18-21-16)11-8-9-11/h2-3,5,7,11,13H,4,6,8-10H2,1H3/t13-/m0/s1. The monoisotopic (exact) mass is 285 g/mol. The van der Waals surface area contributed by atoms with Crippen LogP contribution in [0.1, 0.15) is 49.0 Å². The van der Waals surface area contributed by atoms with Crippen LogP contribution in [0, 0.1) is 0 Å². The Morgan fingerprint density at radius 1 is 1.24 bits per heavy atom. The predicted molar refractivity (Wildman–Crippen MR) is 78.6 cm³/mol. The van der Waals surface area contributed by atoms with E-state index in [0.717, 1.165) is 31.0 Å². The van der Waals surface area contributed by atoms with Crippen LogP contribution in [-0.4, -0.2) is 23.8 Å². The van der Waals surface area contributed by atoms with Gasteiger partial charge in [0.05, 0.1) is 13.2 Å². The molecule has 5 nitrogen and oxygen atoms in total. The van der Waals surface area contributed by atoms with Crippen molar-refractivity contribution >= 4 is 6.01 Å². The van der Waals surface area contributed by atoms with Gasteiger partial charge in [-0.25, -0.2) is 0 Å². The topological polar surface area (TPSA) is 51.4 Å². The number of para-hydroxylation sites is 1. The van der Waals surface area contributed by atoms with Crippen LogP contribution in [0.2, 0.25) is 0 Å². The van der Waals surface area contributed by atoms with Gasteiger partial charge in [-0.15, -0.1) is 0 Å². The first-order valence-corrected chi connectivity index (χ1v) is 7.60. The molecular weight excluding hydrogens is 266 g/mol. The molecule has 0 amide bonds. The minimum absolute atomic E-state index is 0.258. The van der Waals surface area contributed by atoms with E-state index in [9.17, 15) is 0 Å². The molecule has 4 rings (SSSR count). The lowest BCUT2D eigenvalue weighted by atomic mass is 10.0. The number of aromatic nitrogens is 2. The van der Waals surface area contributed by atoms with Gasteiger partial charge in [-0.3, -0.25) is 0 Å². The van der Waals surface area contributed by atoms with Crippen LogP contribution in [0.15, 0.2) is 28.8 Å². The molecule has 1 aliphatic heterocycles. The highest BCUT2D eigenvalue weighted by Gasteiger charge is 2.34. The van der Waals surface area contributed by atoms with Crippen molar-refractivity contribution in [2.45, 2.75) is 37.6 Å². The fourth-order valence-electron chi connectivity index (χ4n) is 3.11. The smallest absolute Gasteiger partial charge is 0.324 e. The molecule has 1 saturated carbocycles. The normalized spacial score (nSPS) is 21.8. The van der Waals surface area contributed by atoms with Gasteiger partial charge in [0.1, 0.15) is 5.75 Å². The second-order valence-electron chi connectivity index (χ2n) is 5.80. The number of hydrogen-bond donors (Lipinski definition) is 0. The lowest BCUT2D eigenvalue weighted by molar-refractivity contribution is 0.393. The van der Waals surface area contributed by atoms with Crippen molar-refractivity contribution in [3.05, 3.63) is 35.7 Å². The summed E-state index contributed by atoms with van der Waals surface area (Å²) in [5.41, 5.74) is 1.20. The maximum absolute atomic E-state index is 5.50. The van der Waals surface area contributed by atoms with Gasteiger partial charge in [-0.05, 0) is 31.7 Å². The second-order valence-corrected chi connectivity index (χ2v) is 5.80. The molecule has 1 aliphatic carbocycles. The molecule has 21 heavy (non-hydrogen) atoms. The molecule has 1 saturated heterocycles. The Bertz CT molecular complexity index is 636. The summed E-state index contributed by atoms with van der Waals surface area (Å²) in [4.78, 5) is 6.81. The quantitative estimate of drug-likeness (QED) is 0.862. The predicted octanol–water partition coefficient (Wildman–Crippen LogP) is 3.30. The molecule has 2 heterocycles. The van der Waals surface area contributed by atoms with Crippen molar-refractivity contribution in [1.82, 2.24) is 10.1 Å². The Hall–Kier alpha value is -2.04. The third-order valence-corrected chi connectivity index (χ3v) is 4.37. The summed E-state index contributed by atoms with van der Waals surface area (Å²) < 4.78 is 11.0. The molecule has 0 radical (unpaired) electrons. The first kappa shape index (κ1) is 12.7. The average Bonchev–Trinajstić information content (AvgIpc) is 3.07. The van der Waals surface area contributed by atoms with Crippen molar-refractivity contribution < 1.29 is 9.26 Å². The Kier molecular flexibility index (Phi) is 3.05. The summed E-state index contributed by atoms with van der Waals surface area (Å²) in [5, 5.41) is 4.13. The molecule has 2 aliphatic rings. The van der Waals surface area contributed by atoms with Crippen LogP contribution in [0.5, 0.6) is 5.75 Å². The van der Waals surface area contributed by atoms with Crippen LogP contribution < -0.4 is 9.64 Å². The number of methoxy groups -OCH3 is 1. The molecule has 2 aromatic rings. The minimum atomic E-state index is 0.258. The Labute approximate surface area is 123 Å². The number of benzene rings is 1. The highest BCUT2D eigenvalue weighted by molar-refractivity contribution is 5.43. The van der Waals surface area contributed by atoms with E-state index in [0.29, 0.717) is 11.9 Å². The average molecular weight is 285 g/mol. The fraction of sp³-hybridized carbons (Fsp3) is 0.500. The highest BCUT2D eigenvalue weighted by atomic mass is 16.5. The maximum Gasteiger partial charge on any atom is 0.324 e. The van der Waals surface area contributed by atoms with Crippen LogP contribution in [-0.2, 0) is 0 Å². The van der Waals surface area contributed by atoms with Gasteiger partial charge < -0.3 is 14.2 Å². The van der Waals surface area contributed by atoms with Gasteiger partial charge in [0.25, 0.3) is 0 Å². The summed E-state index contributed by atoms with van der Waals surface area (Å²) in [7, 11) is 1.72. The Morgan fingerprint density at radius 2 is 2.10 bits per heavy atom. The summed E-state index contributed by atoms with van der Waals surface area (Å²) >= 11 is 0. The zero-order chi connectivity index (χ0) is 14.2. The van der Waals surface area contributed by atoms with Gasteiger partial charge in [0.2, 0.25) is 0 Å². The number of hydrogen-bond acceptors (Lipinski definition) is 5. The SMILES string of the molecule is COc1ccccc1[C@@H]1CCCN1c1nc(C2CC2)no1. The van der Waals surface area contributed by atoms with Crippen molar-refractivity contribution in [1.29, 1.82) is 0 Å². The minimum Gasteiger partial charge on any atom is -0.496 e. The lowest BCUT2D eigenvalue weighted by Gasteiger charge is -2.24. The van der Waals surface area contributed by atoms with Crippen LogP contribution in [0.4, 0.5) is 6.01 Å². The molecule has 2 fully saturated rings. The van der Waals surface area contributed by atoms with Gasteiger partial charge in [-0.1, -0.05) is 23.4 Å². The van der Waals surface area contributed by atoms with E-state index >= 15 is 0 Å². The van der Waals surface area contributed by atoms with Crippen LogP contribution in [0.3, 0.4) is 0 Å². The number of rotatable bonds is 4. The molecule has 1 aromatic heterocycles. The van der Waals surface area contributed by atoms with Crippen molar-refractivity contribution in [2.75, 3.05) is 18.6 Å². The van der Waals surface area contributed by atoms with E-state index in [2.05, 4.69) is 27.2 Å².